The van der Waals surface area contributed by atoms with Gasteiger partial charge >= 0.3 is 0 Å². The number of rotatable bonds is 17. The van der Waals surface area contributed by atoms with Crippen LogP contribution in [0, 0.1) is 0 Å². The quantitative estimate of drug-likeness (QED) is 0.233. The fraction of sp³-hybridized carbons (Fsp3) is 1.00. The van der Waals surface area contributed by atoms with Crippen molar-refractivity contribution in [3.8, 4) is 0 Å². The van der Waals surface area contributed by atoms with E-state index in [0.29, 0.717) is 12.2 Å². The fourth-order valence-electron chi connectivity index (χ4n) is 3.21. The lowest BCUT2D eigenvalue weighted by Gasteiger charge is -2.02. The number of hydrogen-bond donors (Lipinski definition) is 0. The standard InChI is InChI=1S/C20H40O2/c1-3-5-6-7-10-13-16-19-20(22-19)17-14-11-8-9-12-15-18-21-4-2/h19-20H,3-18H2,1-2H3. The normalized spacial score (nSPS) is 20.5. The van der Waals surface area contributed by atoms with Gasteiger partial charge in [-0.2, -0.15) is 0 Å². The van der Waals surface area contributed by atoms with Crippen molar-refractivity contribution in [2.24, 2.45) is 0 Å². The van der Waals surface area contributed by atoms with Crippen LogP contribution in [0.2, 0.25) is 0 Å². The predicted molar refractivity (Wildman–Crippen MR) is 95.5 cm³/mol. The van der Waals surface area contributed by atoms with Crippen LogP contribution >= 0.6 is 0 Å². The zero-order valence-electron chi connectivity index (χ0n) is 15.3. The Morgan fingerprint density at radius 2 is 1.14 bits per heavy atom. The Hall–Kier alpha value is -0.0800. The van der Waals surface area contributed by atoms with E-state index in [2.05, 4.69) is 13.8 Å². The summed E-state index contributed by atoms with van der Waals surface area (Å²) in [5, 5.41) is 0. The second-order valence-electron chi connectivity index (χ2n) is 6.88. The first-order valence-corrected chi connectivity index (χ1v) is 10.1. The molecule has 2 nitrogen and oxygen atoms in total. The summed E-state index contributed by atoms with van der Waals surface area (Å²) in [6.07, 6.45) is 20.3. The molecule has 0 aliphatic carbocycles. The van der Waals surface area contributed by atoms with Crippen molar-refractivity contribution in [1.29, 1.82) is 0 Å². The molecule has 1 aliphatic rings. The molecule has 132 valence electrons. The number of ether oxygens (including phenoxy) is 2. The van der Waals surface area contributed by atoms with Crippen LogP contribution in [0.5, 0.6) is 0 Å². The van der Waals surface area contributed by atoms with E-state index in [4.69, 9.17) is 9.47 Å². The van der Waals surface area contributed by atoms with E-state index in [1.165, 1.54) is 89.9 Å². The minimum Gasteiger partial charge on any atom is -0.382 e. The van der Waals surface area contributed by atoms with Gasteiger partial charge in [-0.15, -0.1) is 0 Å². The van der Waals surface area contributed by atoms with Crippen molar-refractivity contribution in [1.82, 2.24) is 0 Å². The van der Waals surface area contributed by atoms with Crippen LogP contribution in [0.3, 0.4) is 0 Å². The topological polar surface area (TPSA) is 21.8 Å². The number of hydrogen-bond acceptors (Lipinski definition) is 2. The predicted octanol–water partition coefficient (Wildman–Crippen LogP) is 6.27. The van der Waals surface area contributed by atoms with E-state index in [1.807, 2.05) is 0 Å². The zero-order valence-corrected chi connectivity index (χ0v) is 15.3. The van der Waals surface area contributed by atoms with Crippen molar-refractivity contribution in [3.63, 3.8) is 0 Å². The Balaban J connectivity index is 1.73. The lowest BCUT2D eigenvalue weighted by atomic mass is 10.0. The summed E-state index contributed by atoms with van der Waals surface area (Å²) in [4.78, 5) is 0. The van der Waals surface area contributed by atoms with Crippen molar-refractivity contribution in [2.75, 3.05) is 13.2 Å². The van der Waals surface area contributed by atoms with Gasteiger partial charge in [-0.05, 0) is 26.2 Å². The second kappa shape index (κ2) is 14.5. The van der Waals surface area contributed by atoms with Crippen LogP contribution in [0.15, 0.2) is 0 Å². The molecule has 0 aromatic heterocycles. The maximum atomic E-state index is 5.80. The van der Waals surface area contributed by atoms with E-state index >= 15 is 0 Å². The molecule has 0 radical (unpaired) electrons. The first-order chi connectivity index (χ1) is 10.9. The third kappa shape index (κ3) is 11.5. The average molecular weight is 313 g/mol. The van der Waals surface area contributed by atoms with Gasteiger partial charge in [-0.1, -0.05) is 77.6 Å². The Bertz CT molecular complexity index is 230. The lowest BCUT2D eigenvalue weighted by molar-refractivity contribution is 0.143. The number of epoxide rings is 1. The molecule has 1 heterocycles. The van der Waals surface area contributed by atoms with Gasteiger partial charge in [-0.25, -0.2) is 0 Å². The van der Waals surface area contributed by atoms with Crippen LogP contribution in [-0.4, -0.2) is 25.4 Å². The molecule has 0 spiro atoms. The third-order valence-electron chi connectivity index (χ3n) is 4.76. The first kappa shape index (κ1) is 20.0. The molecule has 0 saturated carbocycles. The average Bonchev–Trinajstić information content (AvgIpc) is 3.27. The van der Waals surface area contributed by atoms with Crippen molar-refractivity contribution >= 4 is 0 Å². The molecular weight excluding hydrogens is 272 g/mol. The monoisotopic (exact) mass is 312 g/mol. The molecule has 0 amide bonds. The smallest absolute Gasteiger partial charge is 0.0841 e. The van der Waals surface area contributed by atoms with E-state index in [1.54, 1.807) is 0 Å². The molecular formula is C20H40O2. The summed E-state index contributed by atoms with van der Waals surface area (Å²) in [5.41, 5.74) is 0. The molecule has 22 heavy (non-hydrogen) atoms. The van der Waals surface area contributed by atoms with Gasteiger partial charge in [0.15, 0.2) is 0 Å². The van der Waals surface area contributed by atoms with Gasteiger partial charge < -0.3 is 9.47 Å². The van der Waals surface area contributed by atoms with E-state index < -0.39 is 0 Å². The largest absolute Gasteiger partial charge is 0.382 e. The molecule has 0 bridgehead atoms. The van der Waals surface area contributed by atoms with Crippen molar-refractivity contribution in [2.45, 2.75) is 116 Å². The minimum atomic E-state index is 0.619. The van der Waals surface area contributed by atoms with Gasteiger partial charge in [0.1, 0.15) is 0 Å². The fourth-order valence-corrected chi connectivity index (χ4v) is 3.21. The summed E-state index contributed by atoms with van der Waals surface area (Å²) in [6, 6.07) is 0. The zero-order chi connectivity index (χ0) is 15.9. The highest BCUT2D eigenvalue weighted by Crippen LogP contribution is 2.31. The van der Waals surface area contributed by atoms with Crippen LogP contribution < -0.4 is 0 Å². The SMILES string of the molecule is CCCCCCCCC1OC1CCCCCCCCOCC. The Morgan fingerprint density at radius 3 is 1.68 bits per heavy atom. The summed E-state index contributed by atoms with van der Waals surface area (Å²) < 4.78 is 11.2. The molecule has 0 N–H and O–H groups in total. The molecule has 0 aromatic carbocycles. The maximum Gasteiger partial charge on any atom is 0.0841 e. The van der Waals surface area contributed by atoms with Crippen LogP contribution in [0.4, 0.5) is 0 Å². The summed E-state index contributed by atoms with van der Waals surface area (Å²) >= 11 is 0. The van der Waals surface area contributed by atoms with Gasteiger partial charge in [0.05, 0.1) is 12.2 Å². The molecule has 1 aliphatic heterocycles. The van der Waals surface area contributed by atoms with Gasteiger partial charge in [0.25, 0.3) is 0 Å². The number of unbranched alkanes of at least 4 members (excludes halogenated alkanes) is 10. The lowest BCUT2D eigenvalue weighted by Crippen LogP contribution is -1.95. The van der Waals surface area contributed by atoms with Crippen LogP contribution in [0.25, 0.3) is 0 Å². The van der Waals surface area contributed by atoms with Gasteiger partial charge in [-0.3, -0.25) is 0 Å². The maximum absolute atomic E-state index is 5.80. The van der Waals surface area contributed by atoms with E-state index in [-0.39, 0.29) is 0 Å². The highest BCUT2D eigenvalue weighted by atomic mass is 16.6. The Morgan fingerprint density at radius 1 is 0.636 bits per heavy atom. The summed E-state index contributed by atoms with van der Waals surface area (Å²) in [5.74, 6) is 0. The highest BCUT2D eigenvalue weighted by Gasteiger charge is 2.36. The third-order valence-corrected chi connectivity index (χ3v) is 4.76. The summed E-state index contributed by atoms with van der Waals surface area (Å²) in [6.45, 7) is 6.16. The molecule has 0 aromatic rings. The van der Waals surface area contributed by atoms with Gasteiger partial charge in [0, 0.05) is 13.2 Å². The van der Waals surface area contributed by atoms with Crippen molar-refractivity contribution in [3.05, 3.63) is 0 Å². The molecule has 1 saturated heterocycles. The molecule has 2 unspecified atom stereocenters. The summed E-state index contributed by atoms with van der Waals surface area (Å²) in [7, 11) is 0. The molecule has 1 rings (SSSR count). The van der Waals surface area contributed by atoms with Gasteiger partial charge in [0.2, 0.25) is 0 Å². The molecule has 2 atom stereocenters. The second-order valence-corrected chi connectivity index (χ2v) is 6.88. The van der Waals surface area contributed by atoms with Crippen LogP contribution in [0.1, 0.15) is 104 Å². The Labute approximate surface area is 139 Å². The van der Waals surface area contributed by atoms with Crippen molar-refractivity contribution < 1.29 is 9.47 Å². The Kier molecular flexibility index (Phi) is 13.2. The molecule has 1 fully saturated rings. The minimum absolute atomic E-state index is 0.619. The highest BCUT2D eigenvalue weighted by molar-refractivity contribution is 4.84. The van der Waals surface area contributed by atoms with E-state index in [0.717, 1.165) is 13.2 Å². The first-order valence-electron chi connectivity index (χ1n) is 10.1. The van der Waals surface area contributed by atoms with E-state index in [9.17, 15) is 0 Å². The molecule has 2 heteroatoms. The van der Waals surface area contributed by atoms with Crippen LogP contribution in [-0.2, 0) is 9.47 Å².